The first-order chi connectivity index (χ1) is 10.8. The van der Waals surface area contributed by atoms with Crippen molar-refractivity contribution in [1.29, 1.82) is 0 Å². The zero-order chi connectivity index (χ0) is 15.4. The number of nitrogens with two attached hydrogens (primary N) is 1. The van der Waals surface area contributed by atoms with Gasteiger partial charge in [-0.05, 0) is 55.9 Å². The summed E-state index contributed by atoms with van der Waals surface area (Å²) < 4.78 is 0. The van der Waals surface area contributed by atoms with Gasteiger partial charge in [-0.2, -0.15) is 0 Å². The first kappa shape index (κ1) is 18.3. The summed E-state index contributed by atoms with van der Waals surface area (Å²) in [5.41, 5.74) is 7.25. The number of nitrogens with zero attached hydrogens (tertiary/aromatic N) is 1. The molecule has 1 heterocycles. The van der Waals surface area contributed by atoms with E-state index in [0.717, 1.165) is 25.8 Å². The Labute approximate surface area is 146 Å². The van der Waals surface area contributed by atoms with Crippen molar-refractivity contribution >= 4 is 18.3 Å². The molecule has 1 aliphatic carbocycles. The van der Waals surface area contributed by atoms with Crippen LogP contribution in [0.15, 0.2) is 30.3 Å². The fourth-order valence-corrected chi connectivity index (χ4v) is 4.20. The fraction of sp³-hybridized carbons (Fsp3) is 0.632. The smallest absolute Gasteiger partial charge is 0.223 e. The van der Waals surface area contributed by atoms with E-state index in [9.17, 15) is 4.79 Å². The second-order valence-corrected chi connectivity index (χ2v) is 6.95. The second-order valence-electron chi connectivity index (χ2n) is 6.95. The third-order valence-electron chi connectivity index (χ3n) is 5.55. The van der Waals surface area contributed by atoms with Crippen LogP contribution in [-0.2, 0) is 4.79 Å². The molecule has 2 N–H and O–H groups in total. The number of carbonyl (C=O) groups excluding carboxylic acids is 1. The summed E-state index contributed by atoms with van der Waals surface area (Å²) in [6, 6.07) is 11.1. The van der Waals surface area contributed by atoms with Crippen molar-refractivity contribution in [3.8, 4) is 0 Å². The van der Waals surface area contributed by atoms with E-state index in [-0.39, 0.29) is 12.4 Å². The Morgan fingerprint density at radius 1 is 1.09 bits per heavy atom. The summed E-state index contributed by atoms with van der Waals surface area (Å²) in [4.78, 5) is 14.5. The Kier molecular flexibility index (Phi) is 6.91. The molecule has 1 saturated heterocycles. The van der Waals surface area contributed by atoms with Gasteiger partial charge in [-0.15, -0.1) is 12.4 Å². The lowest BCUT2D eigenvalue weighted by Crippen LogP contribution is -2.40. The van der Waals surface area contributed by atoms with Crippen LogP contribution in [0.5, 0.6) is 0 Å². The number of hydrogen-bond donors (Lipinski definition) is 1. The van der Waals surface area contributed by atoms with Gasteiger partial charge in [-0.1, -0.05) is 30.3 Å². The number of carbonyl (C=O) groups is 1. The van der Waals surface area contributed by atoms with E-state index in [0.29, 0.717) is 30.3 Å². The molecule has 2 fully saturated rings. The molecular formula is C19H29ClN2O. The highest BCUT2D eigenvalue weighted by molar-refractivity contribution is 5.85. The van der Waals surface area contributed by atoms with Crippen molar-refractivity contribution in [3.63, 3.8) is 0 Å². The van der Waals surface area contributed by atoms with Gasteiger partial charge in [-0.3, -0.25) is 4.79 Å². The number of halogens is 1. The van der Waals surface area contributed by atoms with E-state index in [2.05, 4.69) is 30.3 Å². The molecule has 0 aromatic heterocycles. The molecule has 3 rings (SSSR count). The predicted octanol–water partition coefficient (Wildman–Crippen LogP) is 3.72. The van der Waals surface area contributed by atoms with E-state index in [1.165, 1.54) is 31.2 Å². The van der Waals surface area contributed by atoms with E-state index in [1.54, 1.807) is 0 Å². The fourth-order valence-electron chi connectivity index (χ4n) is 4.20. The molecule has 1 saturated carbocycles. The van der Waals surface area contributed by atoms with Gasteiger partial charge in [0.1, 0.15) is 0 Å². The third-order valence-corrected chi connectivity index (χ3v) is 5.55. The minimum atomic E-state index is 0. The molecule has 4 heteroatoms. The standard InChI is InChI=1S/C19H28N2O.ClH/c20-14-18-7-4-12-21(18)19(22)13-15-8-10-17(11-9-15)16-5-2-1-3-6-16;/h1-3,5-6,15,17-18H,4,7-14,20H2;1H. The van der Waals surface area contributed by atoms with Crippen molar-refractivity contribution in [1.82, 2.24) is 4.90 Å². The Hall–Kier alpha value is -1.06. The van der Waals surface area contributed by atoms with Gasteiger partial charge in [0.05, 0.1) is 0 Å². The average Bonchev–Trinajstić information content (AvgIpc) is 3.05. The molecule has 3 nitrogen and oxygen atoms in total. The lowest BCUT2D eigenvalue weighted by molar-refractivity contribution is -0.133. The summed E-state index contributed by atoms with van der Waals surface area (Å²) in [5, 5.41) is 0. The number of benzene rings is 1. The minimum absolute atomic E-state index is 0. The van der Waals surface area contributed by atoms with Crippen molar-refractivity contribution in [2.75, 3.05) is 13.1 Å². The molecule has 1 amide bonds. The Balaban J connectivity index is 0.00000192. The normalized spacial score (nSPS) is 27.5. The maximum Gasteiger partial charge on any atom is 0.223 e. The molecule has 0 spiro atoms. The Bertz CT molecular complexity index is 485. The second kappa shape index (κ2) is 8.70. The molecule has 0 radical (unpaired) electrons. The van der Waals surface area contributed by atoms with Gasteiger partial charge in [0, 0.05) is 25.6 Å². The van der Waals surface area contributed by atoms with Crippen molar-refractivity contribution in [3.05, 3.63) is 35.9 Å². The molecule has 1 aliphatic heterocycles. The molecular weight excluding hydrogens is 308 g/mol. The molecule has 1 aromatic carbocycles. The Morgan fingerprint density at radius 2 is 1.78 bits per heavy atom. The van der Waals surface area contributed by atoms with E-state index < -0.39 is 0 Å². The SMILES string of the molecule is Cl.NCC1CCCN1C(=O)CC1CCC(c2ccccc2)CC1. The van der Waals surface area contributed by atoms with Crippen LogP contribution in [0.4, 0.5) is 0 Å². The third kappa shape index (κ3) is 4.48. The molecule has 128 valence electrons. The molecule has 2 aliphatic rings. The van der Waals surface area contributed by atoms with Crippen molar-refractivity contribution in [2.24, 2.45) is 11.7 Å². The van der Waals surface area contributed by atoms with Crippen LogP contribution in [0.25, 0.3) is 0 Å². The van der Waals surface area contributed by atoms with E-state index >= 15 is 0 Å². The topological polar surface area (TPSA) is 46.3 Å². The zero-order valence-corrected chi connectivity index (χ0v) is 14.6. The number of rotatable bonds is 4. The van der Waals surface area contributed by atoms with Gasteiger partial charge in [-0.25, -0.2) is 0 Å². The summed E-state index contributed by atoms with van der Waals surface area (Å²) in [6.07, 6.45) is 7.76. The lowest BCUT2D eigenvalue weighted by atomic mass is 9.77. The Morgan fingerprint density at radius 3 is 2.43 bits per heavy atom. The van der Waals surface area contributed by atoms with Gasteiger partial charge in [0.2, 0.25) is 5.91 Å². The van der Waals surface area contributed by atoms with Crippen molar-refractivity contribution < 1.29 is 4.79 Å². The van der Waals surface area contributed by atoms with Crippen molar-refractivity contribution in [2.45, 2.75) is 56.9 Å². The maximum atomic E-state index is 12.5. The van der Waals surface area contributed by atoms with Gasteiger partial charge >= 0.3 is 0 Å². The monoisotopic (exact) mass is 336 g/mol. The molecule has 23 heavy (non-hydrogen) atoms. The summed E-state index contributed by atoms with van der Waals surface area (Å²) in [7, 11) is 0. The van der Waals surface area contributed by atoms with E-state index in [1.807, 2.05) is 4.90 Å². The highest BCUT2D eigenvalue weighted by Crippen LogP contribution is 2.37. The van der Waals surface area contributed by atoms with Crippen LogP contribution in [0.3, 0.4) is 0 Å². The maximum absolute atomic E-state index is 12.5. The highest BCUT2D eigenvalue weighted by Gasteiger charge is 2.30. The van der Waals surface area contributed by atoms with Crippen LogP contribution < -0.4 is 5.73 Å². The molecule has 0 bridgehead atoms. The summed E-state index contributed by atoms with van der Waals surface area (Å²) in [6.45, 7) is 1.53. The van der Waals surface area contributed by atoms with Crippen LogP contribution in [0.1, 0.15) is 56.4 Å². The average molecular weight is 337 g/mol. The summed E-state index contributed by atoms with van der Waals surface area (Å²) in [5.74, 6) is 1.61. The predicted molar refractivity (Wildman–Crippen MR) is 96.8 cm³/mol. The lowest BCUT2D eigenvalue weighted by Gasteiger charge is -2.31. The first-order valence-corrected chi connectivity index (χ1v) is 8.82. The zero-order valence-electron chi connectivity index (χ0n) is 13.8. The van der Waals surface area contributed by atoms with Gasteiger partial charge in [0.25, 0.3) is 0 Å². The largest absolute Gasteiger partial charge is 0.338 e. The summed E-state index contributed by atoms with van der Waals surface area (Å²) >= 11 is 0. The highest BCUT2D eigenvalue weighted by atomic mass is 35.5. The first-order valence-electron chi connectivity index (χ1n) is 8.82. The minimum Gasteiger partial charge on any atom is -0.338 e. The number of likely N-dealkylation sites (tertiary alicyclic amines) is 1. The van der Waals surface area contributed by atoms with E-state index in [4.69, 9.17) is 5.73 Å². The van der Waals surface area contributed by atoms with Crippen LogP contribution >= 0.6 is 12.4 Å². The van der Waals surface area contributed by atoms with Gasteiger partial charge < -0.3 is 10.6 Å². The van der Waals surface area contributed by atoms with Crippen LogP contribution in [0.2, 0.25) is 0 Å². The number of hydrogen-bond acceptors (Lipinski definition) is 2. The van der Waals surface area contributed by atoms with Crippen LogP contribution in [-0.4, -0.2) is 29.9 Å². The van der Waals surface area contributed by atoms with Crippen LogP contribution in [0, 0.1) is 5.92 Å². The number of amides is 1. The molecule has 1 atom stereocenters. The molecule has 1 aromatic rings. The quantitative estimate of drug-likeness (QED) is 0.910. The molecule has 1 unspecified atom stereocenters. The van der Waals surface area contributed by atoms with Gasteiger partial charge in [0.15, 0.2) is 0 Å².